The van der Waals surface area contributed by atoms with E-state index >= 15 is 0 Å². The van der Waals surface area contributed by atoms with Gasteiger partial charge in [-0.2, -0.15) is 0 Å². The lowest BCUT2D eigenvalue weighted by Crippen LogP contribution is -2.17. The van der Waals surface area contributed by atoms with E-state index in [-0.39, 0.29) is 12.3 Å². The Balaban J connectivity index is 2.40. The minimum atomic E-state index is -0.914. The molecular weight excluding hydrogens is 272 g/mol. The van der Waals surface area contributed by atoms with Gasteiger partial charge in [0.1, 0.15) is 0 Å². The van der Waals surface area contributed by atoms with E-state index in [0.29, 0.717) is 23.1 Å². The third kappa shape index (κ3) is 6.19. The molecule has 1 aromatic rings. The number of nitrogens with one attached hydrogen (secondary N) is 1. The molecule has 0 saturated heterocycles. The summed E-state index contributed by atoms with van der Waals surface area (Å²) in [5, 5.41) is 2.82. The fraction of sp³-hybridized carbons (Fsp3) is 0.533. The summed E-state index contributed by atoms with van der Waals surface area (Å²) in [6.45, 7) is 6.12. The Hall–Kier alpha value is -1.36. The highest BCUT2D eigenvalue weighted by Gasteiger charge is 2.08. The second kappa shape index (κ2) is 8.04. The lowest BCUT2D eigenvalue weighted by molar-refractivity contribution is -0.115. The largest absolute Gasteiger partial charge is 0.399 e. The highest BCUT2D eigenvalue weighted by atomic mass is 32.2. The zero-order valence-corrected chi connectivity index (χ0v) is 13.3. The van der Waals surface area contributed by atoms with Crippen molar-refractivity contribution in [3.8, 4) is 0 Å². The predicted molar refractivity (Wildman–Crippen MR) is 86.2 cm³/mol. The van der Waals surface area contributed by atoms with Crippen LogP contribution in [0.1, 0.15) is 32.3 Å². The first kappa shape index (κ1) is 16.7. The van der Waals surface area contributed by atoms with Crippen LogP contribution in [0.2, 0.25) is 0 Å². The van der Waals surface area contributed by atoms with E-state index < -0.39 is 10.8 Å². The molecule has 0 aliphatic rings. The third-order valence-electron chi connectivity index (χ3n) is 3.02. The molecule has 1 amide bonds. The minimum absolute atomic E-state index is 0.114. The number of carbonyl (C=O) groups is 1. The van der Waals surface area contributed by atoms with Gasteiger partial charge in [0.2, 0.25) is 5.91 Å². The first-order valence-corrected chi connectivity index (χ1v) is 8.38. The molecular formula is C15H24N2O2S. The molecule has 112 valence electrons. The summed E-state index contributed by atoms with van der Waals surface area (Å²) in [7, 11) is -0.914. The molecule has 0 fully saturated rings. The van der Waals surface area contributed by atoms with Crippen molar-refractivity contribution in [1.82, 2.24) is 0 Å². The second-order valence-corrected chi connectivity index (χ2v) is 7.10. The average molecular weight is 296 g/mol. The van der Waals surface area contributed by atoms with E-state index in [0.717, 1.165) is 17.7 Å². The van der Waals surface area contributed by atoms with Crippen LogP contribution in [0.3, 0.4) is 0 Å². The Labute approximate surface area is 123 Å². The van der Waals surface area contributed by atoms with Crippen molar-refractivity contribution in [1.29, 1.82) is 0 Å². The van der Waals surface area contributed by atoms with Crippen molar-refractivity contribution in [2.24, 2.45) is 5.92 Å². The number of carbonyl (C=O) groups excluding carboxylic acids is 1. The number of nitrogen functional groups attached to an aromatic ring is 1. The summed E-state index contributed by atoms with van der Waals surface area (Å²) in [6, 6.07) is 5.40. The third-order valence-corrected chi connectivity index (χ3v) is 4.37. The van der Waals surface area contributed by atoms with Crippen molar-refractivity contribution >= 4 is 28.1 Å². The van der Waals surface area contributed by atoms with Crippen molar-refractivity contribution in [2.75, 3.05) is 22.6 Å². The van der Waals surface area contributed by atoms with Crippen LogP contribution in [0.5, 0.6) is 0 Å². The van der Waals surface area contributed by atoms with Gasteiger partial charge in [-0.1, -0.05) is 19.9 Å². The number of aryl methyl sites for hydroxylation is 1. The number of amides is 1. The SMILES string of the molecule is Cc1ccc(N)cc1NC(=O)CCS(=O)CCC(C)C. The molecule has 0 bridgehead atoms. The molecule has 0 saturated carbocycles. The predicted octanol–water partition coefficient (Wildman–Crippen LogP) is 2.70. The normalized spacial score (nSPS) is 12.4. The van der Waals surface area contributed by atoms with E-state index in [1.54, 1.807) is 12.1 Å². The number of hydrogen-bond donors (Lipinski definition) is 2. The maximum Gasteiger partial charge on any atom is 0.225 e. The van der Waals surface area contributed by atoms with Crippen LogP contribution in [0, 0.1) is 12.8 Å². The number of nitrogens with two attached hydrogens (primary N) is 1. The standard InChI is InChI=1S/C15H24N2O2S/c1-11(2)6-8-20(19)9-7-15(18)17-14-10-13(16)5-4-12(14)3/h4-5,10-11H,6-9,16H2,1-3H3,(H,17,18). The van der Waals surface area contributed by atoms with Gasteiger partial charge in [-0.15, -0.1) is 0 Å². The molecule has 5 heteroatoms. The Morgan fingerprint density at radius 1 is 1.35 bits per heavy atom. The smallest absolute Gasteiger partial charge is 0.225 e. The van der Waals surface area contributed by atoms with Crippen LogP contribution in [0.15, 0.2) is 18.2 Å². The molecule has 0 heterocycles. The molecule has 1 rings (SSSR count). The van der Waals surface area contributed by atoms with Gasteiger partial charge in [0.15, 0.2) is 0 Å². The Bertz CT molecular complexity index is 487. The van der Waals surface area contributed by atoms with Crippen molar-refractivity contribution in [3.05, 3.63) is 23.8 Å². The second-order valence-electron chi connectivity index (χ2n) is 5.40. The number of rotatable bonds is 7. The fourth-order valence-electron chi connectivity index (χ4n) is 1.66. The molecule has 1 unspecified atom stereocenters. The summed E-state index contributed by atoms with van der Waals surface area (Å²) in [5.74, 6) is 1.52. The van der Waals surface area contributed by atoms with Gasteiger partial charge >= 0.3 is 0 Å². The van der Waals surface area contributed by atoms with Crippen LogP contribution in [0.4, 0.5) is 11.4 Å². The van der Waals surface area contributed by atoms with Crippen LogP contribution in [-0.2, 0) is 15.6 Å². The van der Waals surface area contributed by atoms with E-state index in [4.69, 9.17) is 5.73 Å². The Morgan fingerprint density at radius 3 is 2.70 bits per heavy atom. The minimum Gasteiger partial charge on any atom is -0.399 e. The average Bonchev–Trinajstić information content (AvgIpc) is 2.38. The van der Waals surface area contributed by atoms with Crippen LogP contribution in [0.25, 0.3) is 0 Å². The summed E-state index contributed by atoms with van der Waals surface area (Å²) >= 11 is 0. The summed E-state index contributed by atoms with van der Waals surface area (Å²) in [4.78, 5) is 11.8. The van der Waals surface area contributed by atoms with Gasteiger partial charge in [-0.05, 0) is 37.0 Å². The molecule has 0 aliphatic carbocycles. The van der Waals surface area contributed by atoms with Crippen LogP contribution < -0.4 is 11.1 Å². The summed E-state index contributed by atoms with van der Waals surface area (Å²) in [6.07, 6.45) is 1.21. The van der Waals surface area contributed by atoms with Crippen molar-refractivity contribution in [3.63, 3.8) is 0 Å². The number of anilines is 2. The molecule has 20 heavy (non-hydrogen) atoms. The van der Waals surface area contributed by atoms with Crippen LogP contribution >= 0.6 is 0 Å². The number of hydrogen-bond acceptors (Lipinski definition) is 3. The van der Waals surface area contributed by atoms with Gasteiger partial charge in [0.25, 0.3) is 0 Å². The number of benzene rings is 1. The highest BCUT2D eigenvalue weighted by molar-refractivity contribution is 7.84. The first-order valence-electron chi connectivity index (χ1n) is 6.89. The Kier molecular flexibility index (Phi) is 6.71. The van der Waals surface area contributed by atoms with Gasteiger partial charge < -0.3 is 11.1 Å². The molecule has 3 N–H and O–H groups in total. The van der Waals surface area contributed by atoms with Crippen LogP contribution in [-0.4, -0.2) is 21.6 Å². The molecule has 1 aromatic carbocycles. The lowest BCUT2D eigenvalue weighted by atomic mass is 10.2. The van der Waals surface area contributed by atoms with Crippen molar-refractivity contribution < 1.29 is 9.00 Å². The van der Waals surface area contributed by atoms with E-state index in [1.807, 2.05) is 13.0 Å². The molecule has 0 spiro atoms. The lowest BCUT2D eigenvalue weighted by Gasteiger charge is -2.09. The summed E-state index contributed by atoms with van der Waals surface area (Å²) in [5.41, 5.74) is 8.00. The monoisotopic (exact) mass is 296 g/mol. The van der Waals surface area contributed by atoms with Gasteiger partial charge in [0, 0.05) is 40.1 Å². The summed E-state index contributed by atoms with van der Waals surface area (Å²) < 4.78 is 11.7. The maximum atomic E-state index is 11.8. The maximum absolute atomic E-state index is 11.8. The molecule has 0 aromatic heterocycles. The van der Waals surface area contributed by atoms with E-state index in [2.05, 4.69) is 19.2 Å². The zero-order chi connectivity index (χ0) is 15.1. The first-order chi connectivity index (χ1) is 9.38. The molecule has 0 radical (unpaired) electrons. The fourth-order valence-corrected chi connectivity index (χ4v) is 3.01. The zero-order valence-electron chi connectivity index (χ0n) is 12.4. The quantitative estimate of drug-likeness (QED) is 0.760. The molecule has 1 atom stereocenters. The van der Waals surface area contributed by atoms with Gasteiger partial charge in [0.05, 0.1) is 0 Å². The van der Waals surface area contributed by atoms with Crippen molar-refractivity contribution in [2.45, 2.75) is 33.6 Å². The molecule has 4 nitrogen and oxygen atoms in total. The van der Waals surface area contributed by atoms with E-state index in [9.17, 15) is 9.00 Å². The Morgan fingerprint density at radius 2 is 2.05 bits per heavy atom. The van der Waals surface area contributed by atoms with Gasteiger partial charge in [-0.25, -0.2) is 0 Å². The topological polar surface area (TPSA) is 72.2 Å². The molecule has 0 aliphatic heterocycles. The van der Waals surface area contributed by atoms with Gasteiger partial charge in [-0.3, -0.25) is 9.00 Å². The van der Waals surface area contributed by atoms with E-state index in [1.165, 1.54) is 0 Å². The highest BCUT2D eigenvalue weighted by Crippen LogP contribution is 2.18.